The highest BCUT2D eigenvalue weighted by Crippen LogP contribution is 2.39. The fourth-order valence-electron chi connectivity index (χ4n) is 3.48. The first-order chi connectivity index (χ1) is 10.2. The van der Waals surface area contributed by atoms with Gasteiger partial charge in [-0.3, -0.25) is 0 Å². The smallest absolute Gasteiger partial charge is 0.111 e. The van der Waals surface area contributed by atoms with E-state index in [0.29, 0.717) is 12.3 Å². The predicted molar refractivity (Wildman–Crippen MR) is 84.2 cm³/mol. The number of aryl methyl sites for hydroxylation is 1. The van der Waals surface area contributed by atoms with Gasteiger partial charge in [-0.05, 0) is 44.1 Å². The monoisotopic (exact) mass is 284 g/mol. The summed E-state index contributed by atoms with van der Waals surface area (Å²) in [5, 5.41) is 10.9. The van der Waals surface area contributed by atoms with Crippen molar-refractivity contribution in [2.75, 3.05) is 0 Å². The second-order valence-corrected chi connectivity index (χ2v) is 6.22. The summed E-state index contributed by atoms with van der Waals surface area (Å²) in [7, 11) is 0. The van der Waals surface area contributed by atoms with E-state index in [0.717, 1.165) is 38.1 Å². The highest BCUT2D eigenvalue weighted by molar-refractivity contribution is 5.20. The van der Waals surface area contributed by atoms with Crippen molar-refractivity contribution in [2.24, 2.45) is 0 Å². The first-order valence-corrected chi connectivity index (χ1v) is 7.97. The minimum atomic E-state index is -0.580. The van der Waals surface area contributed by atoms with Crippen LogP contribution < -0.4 is 0 Å². The molecule has 1 N–H and O–H groups in total. The van der Waals surface area contributed by atoms with Crippen molar-refractivity contribution in [2.45, 2.75) is 57.1 Å². The van der Waals surface area contributed by atoms with Gasteiger partial charge in [0.25, 0.3) is 0 Å². The molecule has 3 rings (SSSR count). The van der Waals surface area contributed by atoms with Gasteiger partial charge in [0, 0.05) is 25.4 Å². The van der Waals surface area contributed by atoms with Gasteiger partial charge in [-0.1, -0.05) is 30.3 Å². The Hall–Kier alpha value is -1.61. The number of hydrogen-bond donors (Lipinski definition) is 1. The van der Waals surface area contributed by atoms with Crippen LogP contribution in [0.3, 0.4) is 0 Å². The highest BCUT2D eigenvalue weighted by atomic mass is 16.3. The Morgan fingerprint density at radius 2 is 1.95 bits per heavy atom. The van der Waals surface area contributed by atoms with Crippen LogP contribution in [0.15, 0.2) is 42.7 Å². The van der Waals surface area contributed by atoms with E-state index < -0.39 is 5.60 Å². The van der Waals surface area contributed by atoms with E-state index in [1.165, 1.54) is 5.56 Å². The SMILES string of the molecule is CCn1ccnc1CC1(O)CCC(c2ccccc2)CC1. The molecule has 0 unspecified atom stereocenters. The molecule has 1 saturated carbocycles. The van der Waals surface area contributed by atoms with Crippen LogP contribution in [-0.4, -0.2) is 20.3 Å². The number of rotatable bonds is 4. The lowest BCUT2D eigenvalue weighted by Crippen LogP contribution is -2.36. The van der Waals surface area contributed by atoms with Crippen molar-refractivity contribution in [1.82, 2.24) is 9.55 Å². The topological polar surface area (TPSA) is 38.0 Å². The van der Waals surface area contributed by atoms with Gasteiger partial charge in [-0.15, -0.1) is 0 Å². The summed E-state index contributed by atoms with van der Waals surface area (Å²) in [4.78, 5) is 4.41. The highest BCUT2D eigenvalue weighted by Gasteiger charge is 2.34. The van der Waals surface area contributed by atoms with Gasteiger partial charge in [-0.25, -0.2) is 4.98 Å². The zero-order valence-electron chi connectivity index (χ0n) is 12.7. The Bertz CT molecular complexity index is 568. The van der Waals surface area contributed by atoms with Crippen LogP contribution in [0.5, 0.6) is 0 Å². The number of hydrogen-bond acceptors (Lipinski definition) is 2. The predicted octanol–water partition coefficient (Wildman–Crippen LogP) is 3.53. The summed E-state index contributed by atoms with van der Waals surface area (Å²) >= 11 is 0. The van der Waals surface area contributed by atoms with Crippen LogP contribution in [0.1, 0.15) is 49.9 Å². The maximum Gasteiger partial charge on any atom is 0.111 e. The summed E-state index contributed by atoms with van der Waals surface area (Å²) < 4.78 is 2.13. The summed E-state index contributed by atoms with van der Waals surface area (Å²) in [5.41, 5.74) is 0.832. The minimum Gasteiger partial charge on any atom is -0.389 e. The molecule has 21 heavy (non-hydrogen) atoms. The maximum atomic E-state index is 10.9. The molecule has 3 heteroatoms. The van der Waals surface area contributed by atoms with Crippen LogP contribution in [0.25, 0.3) is 0 Å². The van der Waals surface area contributed by atoms with Crippen molar-refractivity contribution < 1.29 is 5.11 Å². The average molecular weight is 284 g/mol. The van der Waals surface area contributed by atoms with E-state index in [1.807, 2.05) is 12.4 Å². The molecular weight excluding hydrogens is 260 g/mol. The average Bonchev–Trinajstić information content (AvgIpc) is 2.95. The largest absolute Gasteiger partial charge is 0.389 e. The zero-order valence-corrected chi connectivity index (χ0v) is 12.7. The maximum absolute atomic E-state index is 10.9. The van der Waals surface area contributed by atoms with Crippen molar-refractivity contribution in [3.63, 3.8) is 0 Å². The second kappa shape index (κ2) is 6.02. The molecule has 0 saturated heterocycles. The van der Waals surface area contributed by atoms with Crippen LogP contribution in [0, 0.1) is 0 Å². The third-order valence-electron chi connectivity index (χ3n) is 4.82. The van der Waals surface area contributed by atoms with Crippen molar-refractivity contribution >= 4 is 0 Å². The molecule has 2 aromatic rings. The summed E-state index contributed by atoms with van der Waals surface area (Å²) in [5.74, 6) is 1.61. The molecule has 0 spiro atoms. The first-order valence-electron chi connectivity index (χ1n) is 7.97. The minimum absolute atomic E-state index is 0.580. The zero-order chi connectivity index (χ0) is 14.7. The van der Waals surface area contributed by atoms with Crippen LogP contribution >= 0.6 is 0 Å². The molecular formula is C18H24N2O. The number of nitrogens with zero attached hydrogens (tertiary/aromatic N) is 2. The van der Waals surface area contributed by atoms with E-state index in [4.69, 9.17) is 0 Å². The molecule has 1 aromatic carbocycles. The Labute approximate surface area is 126 Å². The third-order valence-corrected chi connectivity index (χ3v) is 4.82. The molecule has 1 aromatic heterocycles. The molecule has 0 atom stereocenters. The molecule has 0 radical (unpaired) electrons. The van der Waals surface area contributed by atoms with E-state index in [2.05, 4.69) is 46.8 Å². The number of imidazole rings is 1. The van der Waals surface area contributed by atoms with E-state index in [9.17, 15) is 5.11 Å². The third kappa shape index (κ3) is 3.18. The molecule has 1 aliphatic rings. The Balaban J connectivity index is 1.64. The lowest BCUT2D eigenvalue weighted by Gasteiger charge is -2.36. The fourth-order valence-corrected chi connectivity index (χ4v) is 3.48. The number of benzene rings is 1. The Morgan fingerprint density at radius 3 is 2.62 bits per heavy atom. The van der Waals surface area contributed by atoms with E-state index >= 15 is 0 Å². The normalized spacial score (nSPS) is 25.9. The van der Waals surface area contributed by atoms with Gasteiger partial charge in [0.1, 0.15) is 5.82 Å². The van der Waals surface area contributed by atoms with Crippen LogP contribution in [-0.2, 0) is 13.0 Å². The summed E-state index contributed by atoms with van der Waals surface area (Å²) in [6.07, 6.45) is 8.36. The van der Waals surface area contributed by atoms with Gasteiger partial charge in [-0.2, -0.15) is 0 Å². The van der Waals surface area contributed by atoms with Gasteiger partial charge < -0.3 is 9.67 Å². The summed E-state index contributed by atoms with van der Waals surface area (Å²) in [6.45, 7) is 3.03. The molecule has 0 aliphatic heterocycles. The standard InChI is InChI=1S/C18H24N2O/c1-2-20-13-12-19-17(20)14-18(21)10-8-16(9-11-18)15-6-4-3-5-7-15/h3-7,12-13,16,21H,2,8-11,14H2,1H3. The van der Waals surface area contributed by atoms with Gasteiger partial charge >= 0.3 is 0 Å². The van der Waals surface area contributed by atoms with E-state index in [1.54, 1.807) is 0 Å². The molecule has 1 fully saturated rings. The molecule has 1 heterocycles. The molecule has 112 valence electrons. The lowest BCUT2D eigenvalue weighted by atomic mass is 9.74. The summed E-state index contributed by atoms with van der Waals surface area (Å²) in [6, 6.07) is 10.7. The van der Waals surface area contributed by atoms with Crippen LogP contribution in [0.4, 0.5) is 0 Å². The molecule has 1 aliphatic carbocycles. The number of aromatic nitrogens is 2. The van der Waals surface area contributed by atoms with Gasteiger partial charge in [0.05, 0.1) is 5.60 Å². The van der Waals surface area contributed by atoms with Crippen molar-refractivity contribution in [3.05, 3.63) is 54.1 Å². The number of aliphatic hydroxyl groups is 1. The van der Waals surface area contributed by atoms with Gasteiger partial charge in [0.15, 0.2) is 0 Å². The first kappa shape index (κ1) is 14.3. The molecule has 3 nitrogen and oxygen atoms in total. The van der Waals surface area contributed by atoms with E-state index in [-0.39, 0.29) is 0 Å². The molecule has 0 amide bonds. The second-order valence-electron chi connectivity index (χ2n) is 6.22. The van der Waals surface area contributed by atoms with Gasteiger partial charge in [0.2, 0.25) is 0 Å². The Morgan fingerprint density at radius 1 is 1.24 bits per heavy atom. The van der Waals surface area contributed by atoms with Crippen molar-refractivity contribution in [3.8, 4) is 0 Å². The lowest BCUT2D eigenvalue weighted by molar-refractivity contribution is -0.00275. The Kier molecular flexibility index (Phi) is 4.11. The quantitative estimate of drug-likeness (QED) is 0.932. The van der Waals surface area contributed by atoms with Crippen molar-refractivity contribution in [1.29, 1.82) is 0 Å². The fraction of sp³-hybridized carbons (Fsp3) is 0.500. The molecule has 0 bridgehead atoms. The van der Waals surface area contributed by atoms with Crippen LogP contribution in [0.2, 0.25) is 0 Å².